The van der Waals surface area contributed by atoms with Crippen LogP contribution in [0.3, 0.4) is 0 Å². The summed E-state index contributed by atoms with van der Waals surface area (Å²) in [6, 6.07) is 8.13. The van der Waals surface area contributed by atoms with Gasteiger partial charge in [0, 0.05) is 20.3 Å². The first-order chi connectivity index (χ1) is 9.57. The molecule has 20 heavy (non-hydrogen) atoms. The van der Waals surface area contributed by atoms with E-state index >= 15 is 0 Å². The zero-order valence-electron chi connectivity index (χ0n) is 11.6. The van der Waals surface area contributed by atoms with E-state index in [4.69, 9.17) is 4.74 Å². The predicted octanol–water partition coefficient (Wildman–Crippen LogP) is 1.60. The van der Waals surface area contributed by atoms with Crippen LogP contribution in [0.25, 0.3) is 0 Å². The van der Waals surface area contributed by atoms with Gasteiger partial charge >= 0.3 is 0 Å². The quantitative estimate of drug-likeness (QED) is 0.393. The Labute approximate surface area is 124 Å². The third-order valence-corrected chi connectivity index (χ3v) is 5.60. The molecule has 0 amide bonds. The largest absolute Gasteiger partial charge is 0.385 e. The number of rotatable bonds is 9. The second-order valence-electron chi connectivity index (χ2n) is 4.04. The maximum atomic E-state index is 12.6. The molecular weight excluding hydrogens is 298 g/mol. The second-order valence-corrected chi connectivity index (χ2v) is 6.88. The minimum absolute atomic E-state index is 0.193. The summed E-state index contributed by atoms with van der Waals surface area (Å²) >= 11 is 1.20. The van der Waals surface area contributed by atoms with E-state index in [9.17, 15) is 13.2 Å². The van der Waals surface area contributed by atoms with E-state index in [0.717, 1.165) is 0 Å². The molecular formula is C13H19NO4S2. The highest BCUT2D eigenvalue weighted by Crippen LogP contribution is 2.22. The maximum Gasteiger partial charge on any atom is 0.244 e. The molecule has 1 unspecified atom stereocenters. The van der Waals surface area contributed by atoms with Crippen molar-refractivity contribution >= 4 is 28.1 Å². The minimum Gasteiger partial charge on any atom is -0.385 e. The molecule has 0 spiro atoms. The van der Waals surface area contributed by atoms with E-state index < -0.39 is 15.4 Å². The molecule has 112 valence electrons. The summed E-state index contributed by atoms with van der Waals surface area (Å²) in [6.07, 6.45) is 2.90. The molecule has 0 heterocycles. The van der Waals surface area contributed by atoms with Gasteiger partial charge in [-0.25, -0.2) is 8.42 Å². The molecule has 0 bridgehead atoms. The Morgan fingerprint density at radius 2 is 2.00 bits per heavy atom. The summed E-state index contributed by atoms with van der Waals surface area (Å²) < 4.78 is 31.4. The highest BCUT2D eigenvalue weighted by Gasteiger charge is 2.30. The summed E-state index contributed by atoms with van der Waals surface area (Å²) in [7, 11) is -2.12. The summed E-state index contributed by atoms with van der Waals surface area (Å²) in [5.74, 6) is 0. The van der Waals surface area contributed by atoms with Gasteiger partial charge in [0.15, 0.2) is 0 Å². The van der Waals surface area contributed by atoms with E-state index in [-0.39, 0.29) is 11.4 Å². The summed E-state index contributed by atoms with van der Waals surface area (Å²) in [5.41, 5.74) is 0. The van der Waals surface area contributed by atoms with Crippen molar-refractivity contribution in [2.24, 2.45) is 0 Å². The van der Waals surface area contributed by atoms with Crippen molar-refractivity contribution in [2.75, 3.05) is 26.5 Å². The Bertz CT molecular complexity index is 504. The van der Waals surface area contributed by atoms with Crippen LogP contribution in [0.2, 0.25) is 0 Å². The first-order valence-electron chi connectivity index (χ1n) is 6.12. The molecule has 5 nitrogen and oxygen atoms in total. The van der Waals surface area contributed by atoms with Crippen molar-refractivity contribution in [2.45, 2.75) is 16.7 Å². The fourth-order valence-electron chi connectivity index (χ4n) is 1.72. The molecule has 0 aliphatic heterocycles. The van der Waals surface area contributed by atoms with Crippen LogP contribution in [-0.4, -0.2) is 50.9 Å². The summed E-state index contributed by atoms with van der Waals surface area (Å²) in [4.78, 5) is 11.3. The van der Waals surface area contributed by atoms with Gasteiger partial charge < -0.3 is 9.53 Å². The second kappa shape index (κ2) is 8.41. The number of methoxy groups -OCH3 is 1. The number of ether oxygens (including phenoxy) is 1. The first kappa shape index (κ1) is 17.2. The van der Waals surface area contributed by atoms with Gasteiger partial charge in [0.05, 0.1) is 4.90 Å². The van der Waals surface area contributed by atoms with E-state index in [2.05, 4.69) is 0 Å². The maximum absolute atomic E-state index is 12.6. The molecule has 0 aromatic heterocycles. The highest BCUT2D eigenvalue weighted by molar-refractivity contribution is 8.00. The van der Waals surface area contributed by atoms with Crippen molar-refractivity contribution in [1.82, 2.24) is 4.31 Å². The SMILES string of the molecule is COCCCN(C(C=O)SC)S(=O)(=O)c1ccccc1. The minimum atomic E-state index is -3.68. The Kier molecular flexibility index (Phi) is 7.22. The standard InChI is InChI=1S/C13H19NO4S2/c1-18-10-6-9-14(13(11-15)19-2)20(16,17)12-7-4-3-5-8-12/h3-5,7-8,11,13H,6,9-10H2,1-2H3. The molecule has 0 saturated heterocycles. The Morgan fingerprint density at radius 1 is 1.35 bits per heavy atom. The highest BCUT2D eigenvalue weighted by atomic mass is 32.2. The molecule has 1 aromatic carbocycles. The lowest BCUT2D eigenvalue weighted by atomic mass is 10.4. The number of carbonyl (C=O) groups excluding carboxylic acids is 1. The number of nitrogens with zero attached hydrogens (tertiary/aromatic N) is 1. The van der Waals surface area contributed by atoms with Crippen LogP contribution in [0.4, 0.5) is 0 Å². The number of aldehydes is 1. The molecule has 0 saturated carbocycles. The monoisotopic (exact) mass is 317 g/mol. The molecule has 0 radical (unpaired) electrons. The number of benzene rings is 1. The number of thioether (sulfide) groups is 1. The van der Waals surface area contributed by atoms with Gasteiger partial charge in [0.2, 0.25) is 10.0 Å². The van der Waals surface area contributed by atoms with Crippen LogP contribution < -0.4 is 0 Å². The van der Waals surface area contributed by atoms with Gasteiger partial charge in [0.1, 0.15) is 11.7 Å². The van der Waals surface area contributed by atoms with Crippen molar-refractivity contribution in [3.63, 3.8) is 0 Å². The average molecular weight is 317 g/mol. The Hall–Kier alpha value is -0.890. The van der Waals surface area contributed by atoms with E-state index in [0.29, 0.717) is 19.3 Å². The molecule has 0 aliphatic rings. The zero-order chi connectivity index (χ0) is 15.0. The van der Waals surface area contributed by atoms with Gasteiger partial charge in [-0.05, 0) is 24.8 Å². The molecule has 0 fully saturated rings. The van der Waals surface area contributed by atoms with Gasteiger partial charge in [-0.2, -0.15) is 4.31 Å². The molecule has 0 N–H and O–H groups in total. The third-order valence-electron chi connectivity index (χ3n) is 2.72. The first-order valence-corrected chi connectivity index (χ1v) is 8.84. The van der Waals surface area contributed by atoms with Crippen LogP contribution in [-0.2, 0) is 19.6 Å². The van der Waals surface area contributed by atoms with Gasteiger partial charge in [-0.15, -0.1) is 11.8 Å². The van der Waals surface area contributed by atoms with Gasteiger partial charge in [0.25, 0.3) is 0 Å². The third kappa shape index (κ3) is 4.31. The molecule has 0 aliphatic carbocycles. The van der Waals surface area contributed by atoms with Crippen LogP contribution >= 0.6 is 11.8 Å². The van der Waals surface area contributed by atoms with Gasteiger partial charge in [-0.1, -0.05) is 18.2 Å². The number of carbonyl (C=O) groups is 1. The fourth-order valence-corrected chi connectivity index (χ4v) is 4.23. The van der Waals surface area contributed by atoms with Crippen LogP contribution in [0, 0.1) is 0 Å². The zero-order valence-corrected chi connectivity index (χ0v) is 13.2. The number of hydrogen-bond acceptors (Lipinski definition) is 5. The molecule has 7 heteroatoms. The topological polar surface area (TPSA) is 63.7 Å². The predicted molar refractivity (Wildman–Crippen MR) is 80.2 cm³/mol. The van der Waals surface area contributed by atoms with E-state index in [1.165, 1.54) is 28.2 Å². The van der Waals surface area contributed by atoms with Crippen LogP contribution in [0.15, 0.2) is 35.2 Å². The van der Waals surface area contributed by atoms with Crippen molar-refractivity contribution < 1.29 is 17.9 Å². The summed E-state index contributed by atoms with van der Waals surface area (Å²) in [6.45, 7) is 0.691. The van der Waals surface area contributed by atoms with E-state index in [1.54, 1.807) is 31.6 Å². The molecule has 1 rings (SSSR count). The fraction of sp³-hybridized carbons (Fsp3) is 0.462. The molecule has 1 aromatic rings. The van der Waals surface area contributed by atoms with Gasteiger partial charge in [-0.3, -0.25) is 0 Å². The number of hydrogen-bond donors (Lipinski definition) is 0. The normalized spacial score (nSPS) is 13.3. The lowest BCUT2D eigenvalue weighted by Gasteiger charge is -2.26. The lowest BCUT2D eigenvalue weighted by molar-refractivity contribution is -0.108. The lowest BCUT2D eigenvalue weighted by Crippen LogP contribution is -2.40. The van der Waals surface area contributed by atoms with Crippen LogP contribution in [0.1, 0.15) is 6.42 Å². The van der Waals surface area contributed by atoms with Crippen LogP contribution in [0.5, 0.6) is 0 Å². The number of sulfonamides is 1. The Morgan fingerprint density at radius 3 is 2.50 bits per heavy atom. The van der Waals surface area contributed by atoms with Crippen molar-refractivity contribution in [1.29, 1.82) is 0 Å². The molecule has 1 atom stereocenters. The van der Waals surface area contributed by atoms with E-state index in [1.807, 2.05) is 0 Å². The van der Waals surface area contributed by atoms with Crippen molar-refractivity contribution in [3.8, 4) is 0 Å². The average Bonchev–Trinajstić information content (AvgIpc) is 2.47. The Balaban J connectivity index is 3.05. The smallest absolute Gasteiger partial charge is 0.244 e. The van der Waals surface area contributed by atoms with Crippen molar-refractivity contribution in [3.05, 3.63) is 30.3 Å². The summed E-state index contributed by atoms with van der Waals surface area (Å²) in [5, 5.41) is -0.725.